The van der Waals surface area contributed by atoms with Gasteiger partial charge in [-0.3, -0.25) is 39.6 Å². The lowest BCUT2D eigenvalue weighted by atomic mass is 10.1. The van der Waals surface area contributed by atoms with Gasteiger partial charge in [0.05, 0.1) is 37.7 Å². The molecule has 0 bridgehead atoms. The zero-order valence-electron chi connectivity index (χ0n) is 49.6. The maximum absolute atomic E-state index is 12.4. The minimum atomic E-state index is -0.843. The number of nitrogens with one attached hydrogen (secondary N) is 1. The van der Waals surface area contributed by atoms with Gasteiger partial charge in [-0.05, 0) is 116 Å². The number of amides is 4. The molecule has 16 heteroatoms. The first-order valence-corrected chi connectivity index (χ1v) is 33.8. The number of quaternary nitrogens is 1. The number of Topliss-reactive ketones (excluding diaryl/α,β-unsaturated/α-hetero) is 1. The molecule has 0 radical (unpaired) electrons. The number of nitrogens with zero attached hydrogens (tertiary/aromatic N) is 3. The number of hydrogen-bond donors (Lipinski definition) is 5. The topological polar surface area (TPSA) is 184 Å². The highest BCUT2D eigenvalue weighted by Gasteiger charge is 2.35. The molecule has 452 valence electrons. The number of hydroxylamine groups is 6. The minimum Gasteiger partial charge on any atom is -1.00 e. The SMILES string of the molecule is CCCCCCCC[P+](CCCCCCCC)(CCCCCCCC)CCCCCCCCCC[NH2+]CCCCCN(O)C(=O)CCC(=O)CCCCCCN(O)C(=O)CCC(=O)NCCCCCN(O)C(C)=O.[Cl-].[Cl-]. The molecule has 76 heavy (non-hydrogen) atoms. The molecule has 0 rings (SSSR count). The lowest BCUT2D eigenvalue weighted by Crippen LogP contribution is -3.00. The van der Waals surface area contributed by atoms with Gasteiger partial charge in [0.15, 0.2) is 0 Å². The molecule has 0 atom stereocenters. The van der Waals surface area contributed by atoms with E-state index in [9.17, 15) is 39.6 Å². The number of halogens is 2. The molecule has 4 amide bonds. The highest BCUT2D eigenvalue weighted by Crippen LogP contribution is 2.61. The second-order valence-electron chi connectivity index (χ2n) is 22.1. The first-order chi connectivity index (χ1) is 35.9. The van der Waals surface area contributed by atoms with E-state index in [2.05, 4.69) is 31.4 Å². The summed E-state index contributed by atoms with van der Waals surface area (Å²) >= 11 is 0. The Kier molecular flexibility index (Phi) is 60.1. The quantitative estimate of drug-likeness (QED) is 0.0176. The summed E-state index contributed by atoms with van der Waals surface area (Å²) in [6, 6.07) is 0. The lowest BCUT2D eigenvalue weighted by Gasteiger charge is -2.28. The van der Waals surface area contributed by atoms with Gasteiger partial charge in [0, 0.05) is 72.5 Å². The summed E-state index contributed by atoms with van der Waals surface area (Å²) in [5.41, 5.74) is 0. The average molecular weight is 1140 g/mol. The highest BCUT2D eigenvalue weighted by molar-refractivity contribution is 7.75. The Balaban J connectivity index is -0.0000266. The number of ketones is 1. The van der Waals surface area contributed by atoms with Crippen molar-refractivity contribution in [2.24, 2.45) is 0 Å². The van der Waals surface area contributed by atoms with Gasteiger partial charge < -0.3 is 35.4 Å². The molecule has 0 fully saturated rings. The fourth-order valence-corrected chi connectivity index (χ4v) is 15.0. The van der Waals surface area contributed by atoms with Crippen molar-refractivity contribution in [3.8, 4) is 0 Å². The molecule has 6 N–H and O–H groups in total. The van der Waals surface area contributed by atoms with Crippen LogP contribution in [0.1, 0.15) is 291 Å². The summed E-state index contributed by atoms with van der Waals surface area (Å²) in [7, 11) is -0.843. The van der Waals surface area contributed by atoms with Crippen LogP contribution in [-0.4, -0.2) is 124 Å². The molecular weight excluding hydrogens is 1020 g/mol. The van der Waals surface area contributed by atoms with Crippen molar-refractivity contribution in [2.45, 2.75) is 291 Å². The van der Waals surface area contributed by atoms with Crippen LogP contribution in [0.2, 0.25) is 0 Å². The molecule has 0 aliphatic carbocycles. The second kappa shape index (κ2) is 58.1. The van der Waals surface area contributed by atoms with E-state index in [4.69, 9.17) is 0 Å². The standard InChI is InChI=1S/C60H118N5O8P.2ClH/c1-5-8-11-14-24-37-52-74(53-38-25-15-12-9-6-2,54-39-26-16-13-10-7-3)55-40-27-20-18-17-19-22-31-46-61-47-32-28-36-51-64(72)59(69)44-42-57(67)41-30-21-23-34-50-65(73)60(70)45-43-58(68)62-48-33-29-35-49-63(71)56(4)66;;/h61,71-73H,5-55H2,1-4H3;2*1H. The summed E-state index contributed by atoms with van der Waals surface area (Å²) in [6.07, 6.45) is 51.1. The number of nitrogens with two attached hydrogens (primary N) is 1. The number of carbonyl (C=O) groups is 5. The summed E-state index contributed by atoms with van der Waals surface area (Å²) in [5.74, 6) is -1.63. The molecule has 0 saturated carbocycles. The van der Waals surface area contributed by atoms with E-state index in [0.717, 1.165) is 50.1 Å². The summed E-state index contributed by atoms with van der Waals surface area (Å²) in [4.78, 5) is 60.0. The molecule has 0 aliphatic heterocycles. The third-order valence-corrected chi connectivity index (χ3v) is 20.2. The monoisotopic (exact) mass is 1140 g/mol. The maximum atomic E-state index is 12.4. The number of unbranched alkanes of at least 4 members (excludes halogenated alkanes) is 29. The van der Waals surface area contributed by atoms with Gasteiger partial charge in [0.2, 0.25) is 23.6 Å². The number of hydrogen-bond acceptors (Lipinski definition) is 8. The van der Waals surface area contributed by atoms with E-state index in [1.807, 2.05) is 0 Å². The van der Waals surface area contributed by atoms with E-state index in [0.29, 0.717) is 55.3 Å². The molecule has 0 saturated heterocycles. The van der Waals surface area contributed by atoms with Gasteiger partial charge >= 0.3 is 0 Å². The maximum Gasteiger partial charge on any atom is 0.246 e. The smallest absolute Gasteiger partial charge is 0.246 e. The van der Waals surface area contributed by atoms with Crippen molar-refractivity contribution in [3.63, 3.8) is 0 Å². The van der Waals surface area contributed by atoms with Gasteiger partial charge in [-0.2, -0.15) is 0 Å². The molecule has 0 spiro atoms. The summed E-state index contributed by atoms with van der Waals surface area (Å²) in [5, 5.41) is 36.9. The lowest BCUT2D eigenvalue weighted by molar-refractivity contribution is -0.655. The molecule has 0 aromatic carbocycles. The van der Waals surface area contributed by atoms with Crippen LogP contribution in [0.3, 0.4) is 0 Å². The molecule has 0 aromatic rings. The first kappa shape index (κ1) is 78.6. The average Bonchev–Trinajstić information content (AvgIpc) is 3.39. The van der Waals surface area contributed by atoms with Crippen molar-refractivity contribution in [2.75, 3.05) is 63.9 Å². The predicted molar refractivity (Wildman–Crippen MR) is 309 cm³/mol. The van der Waals surface area contributed by atoms with Gasteiger partial charge in [0.1, 0.15) is 5.78 Å². The van der Waals surface area contributed by atoms with E-state index in [1.54, 1.807) is 24.6 Å². The first-order valence-electron chi connectivity index (χ1n) is 31.3. The largest absolute Gasteiger partial charge is 1.00 e. The Morgan fingerprint density at radius 1 is 0.382 bits per heavy atom. The van der Waals surface area contributed by atoms with E-state index < -0.39 is 25.0 Å². The van der Waals surface area contributed by atoms with E-state index in [1.165, 1.54) is 180 Å². The van der Waals surface area contributed by atoms with Crippen LogP contribution < -0.4 is 35.4 Å². The van der Waals surface area contributed by atoms with Crippen molar-refractivity contribution in [1.82, 2.24) is 20.5 Å². The summed E-state index contributed by atoms with van der Waals surface area (Å²) < 4.78 is 0. The van der Waals surface area contributed by atoms with Crippen LogP contribution in [0, 0.1) is 0 Å². The predicted octanol–water partition coefficient (Wildman–Crippen LogP) is 7.99. The van der Waals surface area contributed by atoms with E-state index in [-0.39, 0.29) is 75.3 Å². The Hall–Kier alpha value is -1.60. The Morgan fingerprint density at radius 3 is 1.13 bits per heavy atom. The highest BCUT2D eigenvalue weighted by atomic mass is 35.5. The molecule has 0 heterocycles. The Labute approximate surface area is 479 Å². The van der Waals surface area contributed by atoms with E-state index >= 15 is 0 Å². The second-order valence-corrected chi connectivity index (χ2v) is 26.6. The fourth-order valence-electron chi connectivity index (χ4n) is 10.1. The Morgan fingerprint density at radius 2 is 0.711 bits per heavy atom. The van der Waals surface area contributed by atoms with Gasteiger partial charge in [-0.15, -0.1) is 0 Å². The molecule has 0 unspecified atom stereocenters. The third kappa shape index (κ3) is 50.6. The normalized spacial score (nSPS) is 11.2. The van der Waals surface area contributed by atoms with Crippen molar-refractivity contribution in [3.05, 3.63) is 0 Å². The molecule has 0 aromatic heterocycles. The van der Waals surface area contributed by atoms with Crippen molar-refractivity contribution < 1.29 is 69.7 Å². The van der Waals surface area contributed by atoms with Crippen molar-refractivity contribution in [1.29, 1.82) is 0 Å². The van der Waals surface area contributed by atoms with Crippen LogP contribution >= 0.6 is 7.26 Å². The number of rotatable bonds is 57. The zero-order chi connectivity index (χ0) is 54.6. The minimum absolute atomic E-state index is 0. The fraction of sp³-hybridized carbons (Fsp3) is 0.917. The summed E-state index contributed by atoms with van der Waals surface area (Å²) in [6.45, 7) is 11.6. The van der Waals surface area contributed by atoms with Crippen LogP contribution in [0.15, 0.2) is 0 Å². The van der Waals surface area contributed by atoms with Crippen LogP contribution in [0.25, 0.3) is 0 Å². The van der Waals surface area contributed by atoms with Crippen LogP contribution in [0.5, 0.6) is 0 Å². The van der Waals surface area contributed by atoms with Crippen LogP contribution in [-0.2, 0) is 24.0 Å². The van der Waals surface area contributed by atoms with Crippen molar-refractivity contribution >= 4 is 36.7 Å². The Bertz CT molecular complexity index is 1320. The zero-order valence-corrected chi connectivity index (χ0v) is 52.0. The third-order valence-electron chi connectivity index (χ3n) is 15.1. The van der Waals surface area contributed by atoms with Gasteiger partial charge in [0.25, 0.3) is 0 Å². The van der Waals surface area contributed by atoms with Gasteiger partial charge in [-0.1, -0.05) is 136 Å². The molecular formula is C60H120Cl2N5O8P. The molecule has 0 aliphatic rings. The number of carbonyl (C=O) groups excluding carboxylic acids is 5. The van der Waals surface area contributed by atoms with Gasteiger partial charge in [-0.25, -0.2) is 15.2 Å². The van der Waals surface area contributed by atoms with Crippen LogP contribution in [0.4, 0.5) is 0 Å². The molecule has 13 nitrogen and oxygen atoms in total.